The number of anilines is 1. The summed E-state index contributed by atoms with van der Waals surface area (Å²) in [4.78, 5) is 21.1. The van der Waals surface area contributed by atoms with E-state index in [-0.39, 0.29) is 12.3 Å². The van der Waals surface area contributed by atoms with Gasteiger partial charge in [-0.25, -0.2) is 9.97 Å². The number of amides is 1. The van der Waals surface area contributed by atoms with E-state index in [1.807, 2.05) is 41.9 Å². The van der Waals surface area contributed by atoms with Crippen LogP contribution in [0.3, 0.4) is 0 Å². The second-order valence-corrected chi connectivity index (χ2v) is 8.09. The second-order valence-electron chi connectivity index (χ2n) is 6.29. The van der Waals surface area contributed by atoms with Crippen molar-refractivity contribution in [2.75, 3.05) is 5.32 Å². The molecule has 0 bridgehead atoms. The minimum absolute atomic E-state index is 0.106. The highest BCUT2D eigenvalue weighted by atomic mass is 32.1. The molecule has 3 rings (SSSR count). The predicted octanol–water partition coefficient (Wildman–Crippen LogP) is 4.79. The van der Waals surface area contributed by atoms with Gasteiger partial charge in [-0.3, -0.25) is 4.79 Å². The fourth-order valence-corrected chi connectivity index (χ4v) is 3.81. The highest BCUT2D eigenvalue weighted by molar-refractivity contribution is 7.14. The highest BCUT2D eigenvalue weighted by Crippen LogP contribution is 2.22. The molecular weight excluding hydrogens is 366 g/mol. The maximum atomic E-state index is 12.2. The Kier molecular flexibility index (Phi) is 6.00. The summed E-state index contributed by atoms with van der Waals surface area (Å²) in [6.07, 6.45) is 0.234. The Hall–Kier alpha value is -2.25. The second kappa shape index (κ2) is 8.42. The van der Waals surface area contributed by atoms with Crippen molar-refractivity contribution >= 4 is 33.7 Å². The van der Waals surface area contributed by atoms with Crippen molar-refractivity contribution in [2.45, 2.75) is 39.7 Å². The van der Waals surface area contributed by atoms with Gasteiger partial charge in [-0.2, -0.15) is 0 Å². The topological polar surface area (TPSA) is 64.1 Å². The van der Waals surface area contributed by atoms with Gasteiger partial charge in [-0.05, 0) is 25.0 Å². The Balaban J connectivity index is 1.50. The number of rotatable bonds is 7. The molecule has 0 aliphatic rings. The van der Waals surface area contributed by atoms with Gasteiger partial charge < -0.3 is 10.1 Å². The number of nitrogens with one attached hydrogen (secondary N) is 1. The van der Waals surface area contributed by atoms with Crippen LogP contribution in [0.1, 0.15) is 41.7 Å². The van der Waals surface area contributed by atoms with Crippen LogP contribution >= 0.6 is 22.7 Å². The summed E-state index contributed by atoms with van der Waals surface area (Å²) in [5.74, 6) is 1.06. The molecule has 0 aliphatic carbocycles. The van der Waals surface area contributed by atoms with Gasteiger partial charge in [-0.1, -0.05) is 31.5 Å². The number of aromatic nitrogens is 2. The van der Waals surface area contributed by atoms with Crippen molar-refractivity contribution in [1.29, 1.82) is 0 Å². The number of nitrogens with zero attached hydrogens (tertiary/aromatic N) is 2. The fourth-order valence-electron chi connectivity index (χ4n) is 2.21. The van der Waals surface area contributed by atoms with Crippen LogP contribution in [-0.2, 0) is 17.8 Å². The number of hydrogen-bond donors (Lipinski definition) is 1. The largest absolute Gasteiger partial charge is 0.486 e. The number of hydrogen-bond acceptors (Lipinski definition) is 6. The third-order valence-corrected chi connectivity index (χ3v) is 5.33. The Morgan fingerprint density at radius 3 is 2.62 bits per heavy atom. The lowest BCUT2D eigenvalue weighted by atomic mass is 10.2. The average molecular weight is 388 g/mol. The molecule has 1 amide bonds. The molecule has 0 saturated heterocycles. The number of ether oxygens (including phenoxy) is 1. The van der Waals surface area contributed by atoms with E-state index in [1.165, 1.54) is 28.2 Å². The summed E-state index contributed by atoms with van der Waals surface area (Å²) in [5, 5.41) is 8.20. The fraction of sp³-hybridized carbons (Fsp3) is 0.316. The Labute approximate surface area is 161 Å². The molecule has 3 aromatic rings. The zero-order valence-electron chi connectivity index (χ0n) is 15.0. The summed E-state index contributed by atoms with van der Waals surface area (Å²) in [6.45, 7) is 6.60. The van der Waals surface area contributed by atoms with Crippen LogP contribution in [-0.4, -0.2) is 15.9 Å². The third kappa shape index (κ3) is 5.12. The molecular formula is C19H21N3O2S2. The highest BCUT2D eigenvalue weighted by Gasteiger charge is 2.11. The van der Waals surface area contributed by atoms with Gasteiger partial charge in [0.05, 0.1) is 17.8 Å². The van der Waals surface area contributed by atoms with Gasteiger partial charge >= 0.3 is 0 Å². The predicted molar refractivity (Wildman–Crippen MR) is 106 cm³/mol. The zero-order chi connectivity index (χ0) is 18.5. The lowest BCUT2D eigenvalue weighted by Gasteiger charge is -2.04. The molecule has 0 fully saturated rings. The lowest BCUT2D eigenvalue weighted by Crippen LogP contribution is -2.14. The number of thiazole rings is 2. The van der Waals surface area contributed by atoms with Gasteiger partial charge in [0.25, 0.3) is 0 Å². The van der Waals surface area contributed by atoms with Gasteiger partial charge in [0, 0.05) is 10.8 Å². The van der Waals surface area contributed by atoms with E-state index >= 15 is 0 Å². The van der Waals surface area contributed by atoms with Gasteiger partial charge in [0.2, 0.25) is 5.91 Å². The van der Waals surface area contributed by atoms with Crippen molar-refractivity contribution in [2.24, 2.45) is 0 Å². The van der Waals surface area contributed by atoms with E-state index in [1.54, 1.807) is 0 Å². The SMILES string of the molecule is Cc1ccc(OCc2nc(CC(=O)Nc3nc(C(C)C)cs3)cs2)cc1. The van der Waals surface area contributed by atoms with Crippen LogP contribution in [0, 0.1) is 6.92 Å². The molecule has 2 aromatic heterocycles. The quantitative estimate of drug-likeness (QED) is 0.633. The van der Waals surface area contributed by atoms with Crippen LogP contribution in [0.15, 0.2) is 35.0 Å². The summed E-state index contributed by atoms with van der Waals surface area (Å²) in [5.41, 5.74) is 2.94. The van der Waals surface area contributed by atoms with Crippen LogP contribution < -0.4 is 10.1 Å². The van der Waals surface area contributed by atoms with E-state index in [2.05, 4.69) is 29.1 Å². The first kappa shape index (κ1) is 18.5. The van der Waals surface area contributed by atoms with Crippen molar-refractivity contribution in [3.63, 3.8) is 0 Å². The Morgan fingerprint density at radius 2 is 1.92 bits per heavy atom. The lowest BCUT2D eigenvalue weighted by molar-refractivity contribution is -0.115. The van der Waals surface area contributed by atoms with Crippen molar-refractivity contribution in [1.82, 2.24) is 9.97 Å². The molecule has 0 spiro atoms. The molecule has 0 saturated carbocycles. The first-order valence-corrected chi connectivity index (χ1v) is 10.1. The van der Waals surface area contributed by atoms with E-state index < -0.39 is 0 Å². The third-order valence-electron chi connectivity index (χ3n) is 3.68. The maximum Gasteiger partial charge on any atom is 0.232 e. The van der Waals surface area contributed by atoms with Crippen LogP contribution in [0.2, 0.25) is 0 Å². The molecule has 26 heavy (non-hydrogen) atoms. The van der Waals surface area contributed by atoms with Crippen molar-refractivity contribution in [3.8, 4) is 5.75 Å². The zero-order valence-corrected chi connectivity index (χ0v) is 16.6. The molecule has 0 atom stereocenters. The standard InChI is InChI=1S/C19H21N3O2S2/c1-12(2)16-11-26-19(21-16)22-17(23)8-14-10-25-18(20-14)9-24-15-6-4-13(3)5-7-15/h4-7,10-12H,8-9H2,1-3H3,(H,21,22,23). The summed E-state index contributed by atoms with van der Waals surface area (Å²) < 4.78 is 5.73. The van der Waals surface area contributed by atoms with Gasteiger partial charge in [0.15, 0.2) is 5.13 Å². The summed E-state index contributed by atoms with van der Waals surface area (Å²) in [6, 6.07) is 7.90. The molecule has 0 aliphatic heterocycles. The van der Waals surface area contributed by atoms with Crippen LogP contribution in [0.4, 0.5) is 5.13 Å². The van der Waals surface area contributed by atoms with Gasteiger partial charge in [-0.15, -0.1) is 22.7 Å². The molecule has 0 unspecified atom stereocenters. The number of carbonyl (C=O) groups is 1. The maximum absolute atomic E-state index is 12.2. The Bertz CT molecular complexity index is 869. The number of benzene rings is 1. The molecule has 1 N–H and O–H groups in total. The van der Waals surface area contributed by atoms with Crippen LogP contribution in [0.25, 0.3) is 0 Å². The first-order valence-electron chi connectivity index (χ1n) is 8.37. The van der Waals surface area contributed by atoms with E-state index in [0.29, 0.717) is 17.7 Å². The average Bonchev–Trinajstić information content (AvgIpc) is 3.24. The van der Waals surface area contributed by atoms with Crippen molar-refractivity contribution < 1.29 is 9.53 Å². The number of carbonyl (C=O) groups excluding carboxylic acids is 1. The van der Waals surface area contributed by atoms with E-state index in [4.69, 9.17) is 4.74 Å². The molecule has 7 heteroatoms. The molecule has 136 valence electrons. The first-order chi connectivity index (χ1) is 12.5. The summed E-state index contributed by atoms with van der Waals surface area (Å²) >= 11 is 2.95. The number of aryl methyl sites for hydroxylation is 1. The molecule has 1 aromatic carbocycles. The van der Waals surface area contributed by atoms with Crippen LogP contribution in [0.5, 0.6) is 5.75 Å². The molecule has 2 heterocycles. The van der Waals surface area contributed by atoms with E-state index in [9.17, 15) is 4.79 Å². The Morgan fingerprint density at radius 1 is 1.15 bits per heavy atom. The minimum atomic E-state index is -0.106. The summed E-state index contributed by atoms with van der Waals surface area (Å²) in [7, 11) is 0. The smallest absolute Gasteiger partial charge is 0.232 e. The minimum Gasteiger partial charge on any atom is -0.486 e. The molecule has 5 nitrogen and oxygen atoms in total. The van der Waals surface area contributed by atoms with E-state index in [0.717, 1.165) is 22.1 Å². The monoisotopic (exact) mass is 387 g/mol. The molecule has 0 radical (unpaired) electrons. The van der Waals surface area contributed by atoms with Crippen molar-refractivity contribution in [3.05, 3.63) is 57.0 Å². The van der Waals surface area contributed by atoms with Gasteiger partial charge in [0.1, 0.15) is 17.4 Å². The normalized spacial score (nSPS) is 10.9.